The molecule has 1 heterocycles. The lowest BCUT2D eigenvalue weighted by Gasteiger charge is -2.26. The van der Waals surface area contributed by atoms with Crippen LogP contribution in [-0.2, 0) is 32.6 Å². The molecule has 36 heavy (non-hydrogen) atoms. The zero-order chi connectivity index (χ0) is 25.5. The van der Waals surface area contributed by atoms with E-state index < -0.39 is 15.9 Å². The first-order chi connectivity index (χ1) is 17.3. The van der Waals surface area contributed by atoms with Crippen molar-refractivity contribution in [1.82, 2.24) is 10.2 Å². The van der Waals surface area contributed by atoms with Crippen LogP contribution < -0.4 is 9.62 Å². The molecule has 0 aromatic heterocycles. The van der Waals surface area contributed by atoms with Gasteiger partial charge in [0.1, 0.15) is 6.54 Å². The summed E-state index contributed by atoms with van der Waals surface area (Å²) in [6.07, 6.45) is 0. The van der Waals surface area contributed by atoms with Gasteiger partial charge >= 0.3 is 0 Å². The summed E-state index contributed by atoms with van der Waals surface area (Å²) < 4.78 is 33.5. The number of benzene rings is 3. The van der Waals surface area contributed by atoms with Gasteiger partial charge in [0.15, 0.2) is 0 Å². The van der Waals surface area contributed by atoms with Gasteiger partial charge in [-0.1, -0.05) is 53.6 Å². The van der Waals surface area contributed by atoms with Gasteiger partial charge in [-0.2, -0.15) is 0 Å². The van der Waals surface area contributed by atoms with Crippen molar-refractivity contribution in [3.05, 3.63) is 94.5 Å². The Morgan fingerprint density at radius 3 is 2.36 bits per heavy atom. The number of carbonyl (C=O) groups is 1. The highest BCUT2D eigenvalue weighted by Crippen LogP contribution is 2.25. The topological polar surface area (TPSA) is 79.0 Å². The predicted molar refractivity (Wildman–Crippen MR) is 142 cm³/mol. The number of hydrogen-bond acceptors (Lipinski definition) is 5. The Kier molecular flexibility index (Phi) is 8.64. The first-order valence-corrected chi connectivity index (χ1v) is 13.6. The number of nitrogens with one attached hydrogen (secondary N) is 1. The van der Waals surface area contributed by atoms with Crippen molar-refractivity contribution < 1.29 is 17.9 Å². The highest BCUT2D eigenvalue weighted by Gasteiger charge is 2.27. The molecule has 1 amide bonds. The normalized spacial score (nSPS) is 14.4. The smallest absolute Gasteiger partial charge is 0.264 e. The Morgan fingerprint density at radius 1 is 1.00 bits per heavy atom. The van der Waals surface area contributed by atoms with Crippen molar-refractivity contribution in [2.75, 3.05) is 37.2 Å². The Balaban J connectivity index is 1.46. The fourth-order valence-corrected chi connectivity index (χ4v) is 5.55. The van der Waals surface area contributed by atoms with Crippen molar-refractivity contribution in [2.24, 2.45) is 0 Å². The monoisotopic (exact) mass is 527 g/mol. The Bertz CT molecular complexity index is 1280. The maximum atomic E-state index is 13.5. The molecule has 0 bridgehead atoms. The second-order valence-corrected chi connectivity index (χ2v) is 11.1. The third-order valence-corrected chi connectivity index (χ3v) is 8.04. The summed E-state index contributed by atoms with van der Waals surface area (Å²) in [4.78, 5) is 15.3. The second-order valence-electron chi connectivity index (χ2n) is 8.79. The van der Waals surface area contributed by atoms with E-state index in [2.05, 4.69) is 22.3 Å². The predicted octanol–water partition coefficient (Wildman–Crippen LogP) is 3.99. The minimum atomic E-state index is -3.99. The zero-order valence-electron chi connectivity index (χ0n) is 20.2. The number of carbonyl (C=O) groups excluding carboxylic acids is 1. The zero-order valence-corrected chi connectivity index (χ0v) is 21.8. The van der Waals surface area contributed by atoms with Crippen LogP contribution in [0.3, 0.4) is 0 Å². The van der Waals surface area contributed by atoms with Gasteiger partial charge in [-0.3, -0.25) is 14.0 Å². The van der Waals surface area contributed by atoms with Crippen molar-refractivity contribution >= 4 is 33.2 Å². The van der Waals surface area contributed by atoms with Crippen LogP contribution >= 0.6 is 11.6 Å². The number of sulfonamides is 1. The molecule has 1 saturated heterocycles. The Morgan fingerprint density at radius 2 is 1.67 bits per heavy atom. The van der Waals surface area contributed by atoms with Crippen LogP contribution in [0.15, 0.2) is 77.7 Å². The van der Waals surface area contributed by atoms with Gasteiger partial charge in [-0.25, -0.2) is 8.42 Å². The third kappa shape index (κ3) is 6.85. The van der Waals surface area contributed by atoms with Crippen LogP contribution in [0.4, 0.5) is 5.69 Å². The third-order valence-electron chi connectivity index (χ3n) is 6.00. The van der Waals surface area contributed by atoms with Crippen molar-refractivity contribution in [3.63, 3.8) is 0 Å². The van der Waals surface area contributed by atoms with Crippen LogP contribution in [0.5, 0.6) is 0 Å². The summed E-state index contributed by atoms with van der Waals surface area (Å²) >= 11 is 5.94. The Labute approximate surface area is 217 Å². The number of aryl methyl sites for hydroxylation is 1. The summed E-state index contributed by atoms with van der Waals surface area (Å²) in [5.74, 6) is -0.397. The fraction of sp³-hybridized carbons (Fsp3) is 0.296. The lowest BCUT2D eigenvalue weighted by Crippen LogP contribution is -2.40. The van der Waals surface area contributed by atoms with Crippen molar-refractivity contribution in [2.45, 2.75) is 24.9 Å². The minimum absolute atomic E-state index is 0.0658. The first-order valence-electron chi connectivity index (χ1n) is 11.8. The largest absolute Gasteiger partial charge is 0.379 e. The number of amides is 1. The second kappa shape index (κ2) is 11.9. The minimum Gasteiger partial charge on any atom is -0.379 e. The molecule has 1 aliphatic heterocycles. The molecule has 0 unspecified atom stereocenters. The molecule has 190 valence electrons. The molecule has 3 aromatic rings. The number of ether oxygens (including phenoxy) is 1. The summed E-state index contributed by atoms with van der Waals surface area (Å²) in [6, 6.07) is 21.0. The molecule has 3 aromatic carbocycles. The van der Waals surface area contributed by atoms with Gasteiger partial charge in [-0.15, -0.1) is 0 Å². The first kappa shape index (κ1) is 26.2. The molecule has 0 saturated carbocycles. The van der Waals surface area contributed by atoms with Gasteiger partial charge in [0.2, 0.25) is 5.91 Å². The highest BCUT2D eigenvalue weighted by molar-refractivity contribution is 7.92. The highest BCUT2D eigenvalue weighted by atomic mass is 35.5. The molecule has 7 nitrogen and oxygen atoms in total. The van der Waals surface area contributed by atoms with Gasteiger partial charge in [0.25, 0.3) is 10.0 Å². The molecule has 0 radical (unpaired) electrons. The van der Waals surface area contributed by atoms with Crippen LogP contribution in [0.2, 0.25) is 5.02 Å². The summed E-state index contributed by atoms with van der Waals surface area (Å²) in [7, 11) is -3.99. The summed E-state index contributed by atoms with van der Waals surface area (Å²) in [5, 5.41) is 3.31. The number of anilines is 1. The molecule has 1 aliphatic rings. The summed E-state index contributed by atoms with van der Waals surface area (Å²) in [6.45, 7) is 5.99. The van der Waals surface area contributed by atoms with E-state index in [0.29, 0.717) is 17.3 Å². The molecular formula is C27H30ClN3O4S. The maximum absolute atomic E-state index is 13.5. The summed E-state index contributed by atoms with van der Waals surface area (Å²) in [5.41, 5.74) is 3.52. The average molecular weight is 528 g/mol. The number of nitrogens with zero attached hydrogens (tertiary/aromatic N) is 2. The lowest BCUT2D eigenvalue weighted by atomic mass is 10.1. The molecule has 0 atom stereocenters. The molecule has 1 fully saturated rings. The molecule has 1 N–H and O–H groups in total. The van der Waals surface area contributed by atoms with E-state index in [1.54, 1.807) is 12.1 Å². The van der Waals surface area contributed by atoms with Crippen LogP contribution in [0.25, 0.3) is 0 Å². The van der Waals surface area contributed by atoms with Gasteiger partial charge in [0, 0.05) is 31.2 Å². The molecule has 0 aliphatic carbocycles. The fourth-order valence-electron chi connectivity index (χ4n) is 4.00. The van der Waals surface area contributed by atoms with Crippen LogP contribution in [-0.4, -0.2) is 52.1 Å². The molecular weight excluding hydrogens is 498 g/mol. The van der Waals surface area contributed by atoms with Crippen molar-refractivity contribution in [3.8, 4) is 0 Å². The lowest BCUT2D eigenvalue weighted by molar-refractivity contribution is -0.119. The molecule has 4 rings (SSSR count). The molecule has 0 spiro atoms. The van der Waals surface area contributed by atoms with E-state index in [1.165, 1.54) is 24.3 Å². The Hall–Kier alpha value is -2.91. The standard InChI is InChI=1S/C27H30ClN3O4S/c1-21-5-9-25(10-6-21)31(36(33,34)26-11-7-24(28)8-12-26)20-27(32)29-18-22-3-2-4-23(17-22)19-30-13-15-35-16-14-30/h2-12,17H,13-16,18-20H2,1H3,(H,29,32). The van der Waals surface area contributed by atoms with Crippen LogP contribution in [0.1, 0.15) is 16.7 Å². The van der Waals surface area contributed by atoms with Gasteiger partial charge < -0.3 is 10.1 Å². The number of halogens is 1. The van der Waals surface area contributed by atoms with E-state index in [9.17, 15) is 13.2 Å². The quantitative estimate of drug-likeness (QED) is 0.455. The number of morpholine rings is 1. The van der Waals surface area contributed by atoms with E-state index in [0.717, 1.165) is 53.8 Å². The SMILES string of the molecule is Cc1ccc(N(CC(=O)NCc2cccc(CN3CCOCC3)c2)S(=O)(=O)c2ccc(Cl)cc2)cc1. The van der Waals surface area contributed by atoms with E-state index in [-0.39, 0.29) is 11.4 Å². The van der Waals surface area contributed by atoms with E-state index >= 15 is 0 Å². The van der Waals surface area contributed by atoms with Gasteiger partial charge in [0.05, 0.1) is 23.8 Å². The van der Waals surface area contributed by atoms with E-state index in [4.69, 9.17) is 16.3 Å². The maximum Gasteiger partial charge on any atom is 0.264 e. The van der Waals surface area contributed by atoms with E-state index in [1.807, 2.05) is 31.2 Å². The van der Waals surface area contributed by atoms with Crippen LogP contribution in [0, 0.1) is 6.92 Å². The molecule has 9 heteroatoms. The van der Waals surface area contributed by atoms with Crippen molar-refractivity contribution in [1.29, 1.82) is 0 Å². The average Bonchev–Trinajstić information content (AvgIpc) is 2.88. The van der Waals surface area contributed by atoms with Gasteiger partial charge in [-0.05, 0) is 54.4 Å². The number of rotatable bonds is 9. The number of hydrogen-bond donors (Lipinski definition) is 1.